The molecule has 0 radical (unpaired) electrons. The number of nitrogens with two attached hydrogens (primary N) is 1. The third-order valence-corrected chi connectivity index (χ3v) is 3.79. The first kappa shape index (κ1) is 15.4. The average Bonchev–Trinajstić information content (AvgIpc) is 2.89. The number of thioether (sulfide) groups is 1. The van der Waals surface area contributed by atoms with Crippen molar-refractivity contribution in [3.05, 3.63) is 29.7 Å². The third kappa shape index (κ3) is 4.22. The Morgan fingerprint density at radius 3 is 2.81 bits per heavy atom. The van der Waals surface area contributed by atoms with Crippen LogP contribution in [0.3, 0.4) is 0 Å². The third-order valence-electron chi connectivity index (χ3n) is 2.79. The molecular weight excluding hydrogens is 288 g/mol. The molecule has 0 saturated heterocycles. The zero-order valence-corrected chi connectivity index (χ0v) is 13.0. The Morgan fingerprint density at radius 2 is 2.19 bits per heavy atom. The summed E-state index contributed by atoms with van der Waals surface area (Å²) < 4.78 is 5.32. The van der Waals surface area contributed by atoms with Crippen molar-refractivity contribution >= 4 is 29.4 Å². The highest BCUT2D eigenvalue weighted by Crippen LogP contribution is 2.22. The summed E-state index contributed by atoms with van der Waals surface area (Å²) in [5.74, 6) is 0.721. The first-order valence-electron chi connectivity index (χ1n) is 6.58. The Labute approximate surface area is 127 Å². The molecule has 0 saturated carbocycles. The van der Waals surface area contributed by atoms with E-state index in [0.29, 0.717) is 5.89 Å². The summed E-state index contributed by atoms with van der Waals surface area (Å²) in [7, 11) is 0. The van der Waals surface area contributed by atoms with E-state index >= 15 is 0 Å². The Kier molecular flexibility index (Phi) is 4.85. The van der Waals surface area contributed by atoms with E-state index in [9.17, 15) is 4.79 Å². The quantitative estimate of drug-likeness (QED) is 0.651. The van der Waals surface area contributed by atoms with Crippen LogP contribution in [0, 0.1) is 6.92 Å². The first-order chi connectivity index (χ1) is 9.95. The molecule has 21 heavy (non-hydrogen) atoms. The molecule has 0 aliphatic heterocycles. The lowest BCUT2D eigenvalue weighted by molar-refractivity contribution is -0.113. The molecule has 112 valence electrons. The van der Waals surface area contributed by atoms with Gasteiger partial charge in [0.25, 0.3) is 0 Å². The molecule has 0 spiro atoms. The maximum Gasteiger partial charge on any atom is 0.322 e. The van der Waals surface area contributed by atoms with Gasteiger partial charge in [-0.05, 0) is 30.7 Å². The minimum absolute atomic E-state index is 0.135. The second kappa shape index (κ2) is 6.62. The lowest BCUT2D eigenvalue weighted by Gasteiger charge is -2.04. The van der Waals surface area contributed by atoms with Crippen molar-refractivity contribution in [3.8, 4) is 0 Å². The monoisotopic (exact) mass is 306 g/mol. The molecule has 7 heteroatoms. The van der Waals surface area contributed by atoms with Crippen molar-refractivity contribution in [1.82, 2.24) is 10.2 Å². The lowest BCUT2D eigenvalue weighted by Crippen LogP contribution is -2.14. The molecule has 2 rings (SSSR count). The van der Waals surface area contributed by atoms with Crippen molar-refractivity contribution in [2.24, 2.45) is 0 Å². The van der Waals surface area contributed by atoms with Gasteiger partial charge in [-0.25, -0.2) is 0 Å². The molecule has 0 fully saturated rings. The Morgan fingerprint density at radius 1 is 1.43 bits per heavy atom. The van der Waals surface area contributed by atoms with E-state index < -0.39 is 0 Å². The number of nitrogens with zero attached hydrogens (tertiary/aromatic N) is 2. The maximum atomic E-state index is 11.8. The van der Waals surface area contributed by atoms with E-state index in [1.165, 1.54) is 11.8 Å². The van der Waals surface area contributed by atoms with Crippen LogP contribution in [0.15, 0.2) is 27.5 Å². The zero-order chi connectivity index (χ0) is 15.4. The SMILES string of the molecule is Cc1cc(SCC(=O)Nc2nnc(C(C)C)o2)ccc1N. The van der Waals surface area contributed by atoms with E-state index in [4.69, 9.17) is 10.2 Å². The molecule has 0 aliphatic carbocycles. The van der Waals surface area contributed by atoms with Crippen LogP contribution in [0.2, 0.25) is 0 Å². The van der Waals surface area contributed by atoms with Gasteiger partial charge in [0.15, 0.2) is 0 Å². The smallest absolute Gasteiger partial charge is 0.322 e. The predicted molar refractivity (Wildman–Crippen MR) is 83.3 cm³/mol. The zero-order valence-electron chi connectivity index (χ0n) is 12.2. The number of amides is 1. The number of hydrogen-bond donors (Lipinski definition) is 2. The Hall–Kier alpha value is -2.02. The number of aryl methyl sites for hydroxylation is 1. The number of aromatic nitrogens is 2. The van der Waals surface area contributed by atoms with Crippen molar-refractivity contribution in [2.75, 3.05) is 16.8 Å². The highest BCUT2D eigenvalue weighted by atomic mass is 32.2. The average molecular weight is 306 g/mol. The van der Waals surface area contributed by atoms with Gasteiger partial charge >= 0.3 is 6.01 Å². The summed E-state index contributed by atoms with van der Waals surface area (Å²) in [5, 5.41) is 10.2. The number of benzene rings is 1. The Balaban J connectivity index is 1.88. The number of nitrogen functional groups attached to an aromatic ring is 1. The number of hydrogen-bond acceptors (Lipinski definition) is 6. The fourth-order valence-corrected chi connectivity index (χ4v) is 2.35. The fourth-order valence-electron chi connectivity index (χ4n) is 1.56. The number of rotatable bonds is 5. The van der Waals surface area contributed by atoms with Crippen LogP contribution >= 0.6 is 11.8 Å². The molecule has 0 atom stereocenters. The minimum atomic E-state index is -0.187. The van der Waals surface area contributed by atoms with Gasteiger partial charge in [0.2, 0.25) is 11.8 Å². The van der Waals surface area contributed by atoms with Gasteiger partial charge in [-0.3, -0.25) is 10.1 Å². The molecule has 2 aromatic rings. The number of carbonyl (C=O) groups excluding carboxylic acids is 1. The maximum absolute atomic E-state index is 11.8. The van der Waals surface area contributed by atoms with Crippen LogP contribution in [0.1, 0.15) is 31.2 Å². The van der Waals surface area contributed by atoms with Gasteiger partial charge in [-0.2, -0.15) is 0 Å². The van der Waals surface area contributed by atoms with Gasteiger partial charge < -0.3 is 10.2 Å². The van der Waals surface area contributed by atoms with E-state index in [-0.39, 0.29) is 23.6 Å². The predicted octanol–water partition coefficient (Wildman–Crippen LogP) is 2.81. The topological polar surface area (TPSA) is 94.0 Å². The number of anilines is 2. The van der Waals surface area contributed by atoms with Crippen LogP contribution in [-0.4, -0.2) is 21.9 Å². The van der Waals surface area contributed by atoms with Gasteiger partial charge in [-0.1, -0.05) is 18.9 Å². The van der Waals surface area contributed by atoms with E-state index in [2.05, 4.69) is 15.5 Å². The van der Waals surface area contributed by atoms with Crippen molar-refractivity contribution < 1.29 is 9.21 Å². The first-order valence-corrected chi connectivity index (χ1v) is 7.56. The summed E-state index contributed by atoms with van der Waals surface area (Å²) in [6.45, 7) is 5.82. The van der Waals surface area contributed by atoms with E-state index in [1.54, 1.807) is 0 Å². The second-order valence-electron chi connectivity index (χ2n) is 4.96. The molecule has 3 N–H and O–H groups in total. The van der Waals surface area contributed by atoms with E-state index in [1.807, 2.05) is 39.0 Å². The van der Waals surface area contributed by atoms with Gasteiger partial charge in [-0.15, -0.1) is 16.9 Å². The van der Waals surface area contributed by atoms with Crippen molar-refractivity contribution in [2.45, 2.75) is 31.6 Å². The lowest BCUT2D eigenvalue weighted by atomic mass is 10.2. The molecule has 0 aliphatic rings. The largest absolute Gasteiger partial charge is 0.408 e. The Bertz CT molecular complexity index is 640. The minimum Gasteiger partial charge on any atom is -0.408 e. The van der Waals surface area contributed by atoms with Crippen molar-refractivity contribution in [3.63, 3.8) is 0 Å². The van der Waals surface area contributed by atoms with Crippen LogP contribution in [-0.2, 0) is 4.79 Å². The molecule has 0 bridgehead atoms. The van der Waals surface area contributed by atoms with Crippen LogP contribution < -0.4 is 11.1 Å². The second-order valence-corrected chi connectivity index (χ2v) is 6.00. The number of nitrogens with one attached hydrogen (secondary N) is 1. The van der Waals surface area contributed by atoms with Gasteiger partial charge in [0, 0.05) is 16.5 Å². The van der Waals surface area contributed by atoms with Gasteiger partial charge in [0.1, 0.15) is 0 Å². The highest BCUT2D eigenvalue weighted by Gasteiger charge is 2.12. The standard InChI is InChI=1S/C14H18N4O2S/c1-8(2)13-17-18-14(20-13)16-12(19)7-21-10-4-5-11(15)9(3)6-10/h4-6,8H,7,15H2,1-3H3,(H,16,18,19). The van der Waals surface area contributed by atoms with E-state index in [0.717, 1.165) is 16.1 Å². The highest BCUT2D eigenvalue weighted by molar-refractivity contribution is 8.00. The fraction of sp³-hybridized carbons (Fsp3) is 0.357. The number of carbonyl (C=O) groups is 1. The van der Waals surface area contributed by atoms with Crippen molar-refractivity contribution in [1.29, 1.82) is 0 Å². The van der Waals surface area contributed by atoms with Crippen LogP contribution in [0.4, 0.5) is 11.7 Å². The summed E-state index contributed by atoms with van der Waals surface area (Å²) in [6.07, 6.45) is 0. The molecule has 1 aromatic heterocycles. The summed E-state index contributed by atoms with van der Waals surface area (Å²) >= 11 is 1.43. The summed E-state index contributed by atoms with van der Waals surface area (Å²) in [6, 6.07) is 5.82. The molecular formula is C14H18N4O2S. The molecule has 6 nitrogen and oxygen atoms in total. The summed E-state index contributed by atoms with van der Waals surface area (Å²) in [4.78, 5) is 12.8. The molecule has 1 heterocycles. The normalized spacial score (nSPS) is 10.9. The molecule has 1 amide bonds. The van der Waals surface area contributed by atoms with Crippen LogP contribution in [0.25, 0.3) is 0 Å². The van der Waals surface area contributed by atoms with Crippen LogP contribution in [0.5, 0.6) is 0 Å². The molecule has 0 unspecified atom stereocenters. The summed E-state index contributed by atoms with van der Waals surface area (Å²) in [5.41, 5.74) is 7.50. The van der Waals surface area contributed by atoms with Gasteiger partial charge in [0.05, 0.1) is 5.75 Å². The molecule has 1 aromatic carbocycles.